The third-order valence-corrected chi connectivity index (χ3v) is 3.34. The van der Waals surface area contributed by atoms with Gasteiger partial charge in [-0.2, -0.15) is 5.26 Å². The summed E-state index contributed by atoms with van der Waals surface area (Å²) in [5, 5.41) is 8.80. The van der Waals surface area contributed by atoms with Crippen LogP contribution in [0.1, 0.15) is 19.4 Å². The third-order valence-electron chi connectivity index (χ3n) is 3.34. The zero-order valence-electron chi connectivity index (χ0n) is 10.9. The number of anilines is 2. The topological polar surface area (TPSA) is 62.3 Å². The van der Waals surface area contributed by atoms with Gasteiger partial charge in [-0.25, -0.2) is 0 Å². The summed E-state index contributed by atoms with van der Waals surface area (Å²) in [4.78, 5) is 2.31. The first-order chi connectivity index (χ1) is 8.61. The number of nitrogens with zero attached hydrogens (tertiary/aromatic N) is 2. The molecule has 1 aromatic rings. The van der Waals surface area contributed by atoms with Crippen molar-refractivity contribution in [1.82, 2.24) is 0 Å². The molecule has 4 nitrogen and oxygen atoms in total. The normalized spacial score (nSPS) is 23.7. The van der Waals surface area contributed by atoms with Crippen molar-refractivity contribution in [3.05, 3.63) is 23.8 Å². The largest absolute Gasteiger partial charge is 0.398 e. The summed E-state index contributed by atoms with van der Waals surface area (Å²) in [6.45, 7) is 5.83. The lowest BCUT2D eigenvalue weighted by atomic mass is 10.1. The van der Waals surface area contributed by atoms with Crippen molar-refractivity contribution in [1.29, 1.82) is 5.26 Å². The van der Waals surface area contributed by atoms with Gasteiger partial charge in [0.2, 0.25) is 0 Å². The fraction of sp³-hybridized carbons (Fsp3) is 0.500. The van der Waals surface area contributed by atoms with E-state index in [1.807, 2.05) is 18.2 Å². The van der Waals surface area contributed by atoms with Gasteiger partial charge in [-0.05, 0) is 37.6 Å². The Balaban J connectivity index is 2.27. The van der Waals surface area contributed by atoms with Gasteiger partial charge in [-0.15, -0.1) is 0 Å². The molecule has 4 heteroatoms. The van der Waals surface area contributed by atoms with Crippen LogP contribution in [0.5, 0.6) is 0 Å². The maximum absolute atomic E-state index is 8.80. The van der Waals surface area contributed by atoms with Crippen LogP contribution in [0.2, 0.25) is 0 Å². The number of nitriles is 1. The molecule has 0 aromatic heterocycles. The van der Waals surface area contributed by atoms with E-state index in [4.69, 9.17) is 15.7 Å². The van der Waals surface area contributed by atoms with E-state index in [9.17, 15) is 0 Å². The van der Waals surface area contributed by atoms with Crippen molar-refractivity contribution in [2.75, 3.05) is 23.8 Å². The Hall–Kier alpha value is -1.73. The number of ether oxygens (including phenoxy) is 1. The first-order valence-electron chi connectivity index (χ1n) is 6.25. The minimum Gasteiger partial charge on any atom is -0.398 e. The van der Waals surface area contributed by atoms with E-state index < -0.39 is 0 Å². The maximum Gasteiger partial charge on any atom is 0.0723 e. The number of nitrogens with two attached hydrogens (primary N) is 1. The lowest BCUT2D eigenvalue weighted by Gasteiger charge is -2.38. The highest BCUT2D eigenvalue weighted by Crippen LogP contribution is 2.25. The summed E-state index contributed by atoms with van der Waals surface area (Å²) in [5.74, 6) is 0. The molecule has 96 valence electrons. The van der Waals surface area contributed by atoms with E-state index in [0.717, 1.165) is 24.4 Å². The van der Waals surface area contributed by atoms with Gasteiger partial charge >= 0.3 is 0 Å². The summed E-state index contributed by atoms with van der Waals surface area (Å²) in [5.41, 5.74) is 8.59. The average molecular weight is 245 g/mol. The molecular formula is C14H19N3O. The second kappa shape index (κ2) is 5.28. The Labute approximate surface area is 108 Å². The van der Waals surface area contributed by atoms with Gasteiger partial charge in [0.1, 0.15) is 0 Å². The lowest BCUT2D eigenvalue weighted by Crippen LogP contribution is -2.47. The summed E-state index contributed by atoms with van der Waals surface area (Å²) < 4.78 is 5.62. The molecule has 18 heavy (non-hydrogen) atoms. The highest BCUT2D eigenvalue weighted by atomic mass is 16.5. The molecule has 1 saturated heterocycles. The van der Waals surface area contributed by atoms with Gasteiger partial charge in [0.15, 0.2) is 0 Å². The molecule has 0 aliphatic carbocycles. The van der Waals surface area contributed by atoms with E-state index in [-0.39, 0.29) is 6.10 Å². The van der Waals surface area contributed by atoms with Crippen molar-refractivity contribution < 1.29 is 4.74 Å². The smallest absolute Gasteiger partial charge is 0.0723 e. The van der Waals surface area contributed by atoms with Gasteiger partial charge < -0.3 is 15.4 Å². The number of morpholine rings is 1. The fourth-order valence-electron chi connectivity index (χ4n) is 2.27. The van der Waals surface area contributed by atoms with Gasteiger partial charge in [0, 0.05) is 24.0 Å². The SMILES string of the molecule is CC1CN(c2ccc(N)c(CC#N)c2)C(C)CO1. The molecule has 2 atom stereocenters. The van der Waals surface area contributed by atoms with Gasteiger partial charge in [-0.1, -0.05) is 0 Å². The molecule has 0 amide bonds. The molecule has 1 fully saturated rings. The molecule has 0 spiro atoms. The summed E-state index contributed by atoms with van der Waals surface area (Å²) in [6, 6.07) is 8.42. The first-order valence-corrected chi connectivity index (χ1v) is 6.25. The van der Waals surface area contributed by atoms with Crippen molar-refractivity contribution in [3.63, 3.8) is 0 Å². The molecule has 2 rings (SSSR count). The molecule has 2 unspecified atom stereocenters. The number of rotatable bonds is 2. The number of benzene rings is 1. The highest BCUT2D eigenvalue weighted by Gasteiger charge is 2.23. The number of hydrogen-bond donors (Lipinski definition) is 1. The van der Waals surface area contributed by atoms with Gasteiger partial charge in [0.25, 0.3) is 0 Å². The van der Waals surface area contributed by atoms with Crippen molar-refractivity contribution in [3.8, 4) is 6.07 Å². The monoisotopic (exact) mass is 245 g/mol. The maximum atomic E-state index is 8.80. The Morgan fingerprint density at radius 2 is 2.28 bits per heavy atom. The van der Waals surface area contributed by atoms with Gasteiger partial charge in [0.05, 0.1) is 25.2 Å². The fourth-order valence-corrected chi connectivity index (χ4v) is 2.27. The minimum absolute atomic E-state index is 0.234. The van der Waals surface area contributed by atoms with E-state index in [1.165, 1.54) is 0 Å². The van der Waals surface area contributed by atoms with Crippen LogP contribution in [0, 0.1) is 11.3 Å². The third kappa shape index (κ3) is 2.57. The van der Waals surface area contributed by atoms with Crippen LogP contribution in [-0.2, 0) is 11.2 Å². The standard InChI is InChI=1S/C14H19N3O/c1-10-9-18-11(2)8-17(10)13-3-4-14(16)12(7-13)5-6-15/h3-4,7,10-11H,5,8-9,16H2,1-2H3. The molecular weight excluding hydrogens is 226 g/mol. The Morgan fingerprint density at radius 1 is 1.50 bits per heavy atom. The van der Waals surface area contributed by atoms with Crippen LogP contribution in [0.25, 0.3) is 0 Å². The molecule has 1 aromatic carbocycles. The lowest BCUT2D eigenvalue weighted by molar-refractivity contribution is 0.0344. The van der Waals surface area contributed by atoms with E-state index >= 15 is 0 Å². The number of nitrogen functional groups attached to an aromatic ring is 1. The molecule has 0 radical (unpaired) electrons. The second-order valence-electron chi connectivity index (χ2n) is 4.86. The Kier molecular flexibility index (Phi) is 3.73. The predicted molar refractivity (Wildman–Crippen MR) is 72.4 cm³/mol. The first kappa shape index (κ1) is 12.7. The van der Waals surface area contributed by atoms with Crippen LogP contribution in [0.4, 0.5) is 11.4 Å². The zero-order valence-corrected chi connectivity index (χ0v) is 10.9. The van der Waals surface area contributed by atoms with Crippen LogP contribution >= 0.6 is 0 Å². The highest BCUT2D eigenvalue weighted by molar-refractivity contribution is 5.59. The van der Waals surface area contributed by atoms with Crippen LogP contribution < -0.4 is 10.6 Å². The summed E-state index contributed by atoms with van der Waals surface area (Å²) in [7, 11) is 0. The molecule has 0 bridgehead atoms. The molecule has 1 aliphatic rings. The van der Waals surface area contributed by atoms with Crippen molar-refractivity contribution >= 4 is 11.4 Å². The van der Waals surface area contributed by atoms with Gasteiger partial charge in [-0.3, -0.25) is 0 Å². The van der Waals surface area contributed by atoms with Crippen LogP contribution in [0.15, 0.2) is 18.2 Å². The van der Waals surface area contributed by atoms with E-state index in [0.29, 0.717) is 18.2 Å². The van der Waals surface area contributed by atoms with Crippen LogP contribution in [0.3, 0.4) is 0 Å². The molecule has 2 N–H and O–H groups in total. The second-order valence-corrected chi connectivity index (χ2v) is 4.86. The predicted octanol–water partition coefficient (Wildman–Crippen LogP) is 1.95. The summed E-state index contributed by atoms with van der Waals surface area (Å²) >= 11 is 0. The van der Waals surface area contributed by atoms with Crippen molar-refractivity contribution in [2.45, 2.75) is 32.4 Å². The summed E-state index contributed by atoms with van der Waals surface area (Å²) in [6.07, 6.45) is 0.590. The molecule has 0 saturated carbocycles. The Bertz CT molecular complexity index is 467. The van der Waals surface area contributed by atoms with E-state index in [1.54, 1.807) is 0 Å². The number of hydrogen-bond acceptors (Lipinski definition) is 4. The molecule has 1 heterocycles. The van der Waals surface area contributed by atoms with Crippen LogP contribution in [-0.4, -0.2) is 25.3 Å². The minimum atomic E-state index is 0.234. The average Bonchev–Trinajstić information content (AvgIpc) is 2.35. The zero-order chi connectivity index (χ0) is 13.1. The van der Waals surface area contributed by atoms with E-state index in [2.05, 4.69) is 24.8 Å². The molecule has 1 aliphatic heterocycles. The Morgan fingerprint density at radius 3 is 3.00 bits per heavy atom. The van der Waals surface area contributed by atoms with Crippen molar-refractivity contribution in [2.24, 2.45) is 0 Å². The quantitative estimate of drug-likeness (QED) is 0.809.